The van der Waals surface area contributed by atoms with E-state index in [1.165, 1.54) is 19.3 Å². The van der Waals surface area contributed by atoms with E-state index in [2.05, 4.69) is 6.92 Å². The van der Waals surface area contributed by atoms with Crippen molar-refractivity contribution in [1.82, 2.24) is 0 Å². The molecule has 0 heterocycles. The Bertz CT molecular complexity index is 714. The van der Waals surface area contributed by atoms with E-state index in [1.54, 1.807) is 36.4 Å². The quantitative estimate of drug-likeness (QED) is 0.240. The third kappa shape index (κ3) is 5.83. The summed E-state index contributed by atoms with van der Waals surface area (Å²) in [7, 11) is 0. The van der Waals surface area contributed by atoms with Crippen molar-refractivity contribution in [1.29, 1.82) is 0 Å². The number of ketones is 1. The first-order chi connectivity index (χ1) is 12.5. The van der Waals surface area contributed by atoms with E-state index in [4.69, 9.17) is 4.74 Å². The van der Waals surface area contributed by atoms with Gasteiger partial charge in [-0.05, 0) is 49.7 Å². The topological polar surface area (TPSA) is 43.4 Å². The summed E-state index contributed by atoms with van der Waals surface area (Å²) in [5.74, 6) is 0.224. The van der Waals surface area contributed by atoms with Crippen LogP contribution in [0.5, 0.6) is 5.75 Å². The lowest BCUT2D eigenvalue weighted by atomic mass is 9.94. The summed E-state index contributed by atoms with van der Waals surface area (Å²) in [5, 5.41) is 0. The second-order valence-corrected chi connectivity index (χ2v) is 6.89. The Kier molecular flexibility index (Phi) is 7.58. The first kappa shape index (κ1) is 19.9. The summed E-state index contributed by atoms with van der Waals surface area (Å²) in [5.41, 5.74) is 2.27. The average molecular weight is 352 g/mol. The van der Waals surface area contributed by atoms with Gasteiger partial charge in [0.2, 0.25) is 0 Å². The van der Waals surface area contributed by atoms with E-state index in [1.807, 2.05) is 26.0 Å². The van der Waals surface area contributed by atoms with Crippen molar-refractivity contribution >= 4 is 11.8 Å². The normalized spacial score (nSPS) is 11.8. The molecule has 0 aromatic heterocycles. The van der Waals surface area contributed by atoms with Crippen LogP contribution in [0.2, 0.25) is 0 Å². The molecule has 1 unspecified atom stereocenters. The molecule has 2 aromatic carbocycles. The Hall–Kier alpha value is -2.42. The summed E-state index contributed by atoms with van der Waals surface area (Å²) in [6.45, 7) is 6.14. The minimum absolute atomic E-state index is 0.0211. The minimum atomic E-state index is -0.395. The van der Waals surface area contributed by atoms with Gasteiger partial charge in [-0.1, -0.05) is 57.2 Å². The van der Waals surface area contributed by atoms with Crippen LogP contribution in [0, 0.1) is 12.8 Å². The fraction of sp³-hybridized carbons (Fsp3) is 0.391. The highest BCUT2D eigenvalue weighted by Gasteiger charge is 2.15. The van der Waals surface area contributed by atoms with Crippen molar-refractivity contribution in [3.8, 4) is 5.75 Å². The van der Waals surface area contributed by atoms with Crippen LogP contribution in [-0.2, 0) is 0 Å². The molecule has 0 bridgehead atoms. The Balaban J connectivity index is 1.91. The predicted octanol–water partition coefficient (Wildman–Crippen LogP) is 6.00. The molecule has 2 rings (SSSR count). The Morgan fingerprint density at radius 1 is 0.885 bits per heavy atom. The van der Waals surface area contributed by atoms with Gasteiger partial charge in [0, 0.05) is 11.5 Å². The van der Waals surface area contributed by atoms with Crippen LogP contribution in [0.3, 0.4) is 0 Å². The molecule has 0 radical (unpaired) electrons. The van der Waals surface area contributed by atoms with Crippen molar-refractivity contribution in [3.05, 3.63) is 65.2 Å². The fourth-order valence-corrected chi connectivity index (χ4v) is 2.84. The molecule has 0 aliphatic rings. The van der Waals surface area contributed by atoms with Gasteiger partial charge in [-0.25, -0.2) is 4.79 Å². The molecule has 3 heteroatoms. The van der Waals surface area contributed by atoms with E-state index in [0.29, 0.717) is 16.9 Å². The van der Waals surface area contributed by atoms with Crippen LogP contribution in [0.1, 0.15) is 72.2 Å². The second kappa shape index (κ2) is 9.91. The highest BCUT2D eigenvalue weighted by atomic mass is 16.5. The molecular weight excluding hydrogens is 324 g/mol. The van der Waals surface area contributed by atoms with Crippen LogP contribution in [0.15, 0.2) is 48.5 Å². The van der Waals surface area contributed by atoms with Gasteiger partial charge in [0.15, 0.2) is 5.78 Å². The number of rotatable bonds is 9. The second-order valence-electron chi connectivity index (χ2n) is 6.89. The summed E-state index contributed by atoms with van der Waals surface area (Å²) >= 11 is 0. The maximum Gasteiger partial charge on any atom is 0.343 e. The maximum absolute atomic E-state index is 12.5. The van der Waals surface area contributed by atoms with E-state index in [-0.39, 0.29) is 11.7 Å². The summed E-state index contributed by atoms with van der Waals surface area (Å²) in [6, 6.07) is 14.1. The van der Waals surface area contributed by atoms with Crippen molar-refractivity contribution in [2.45, 2.75) is 52.9 Å². The summed E-state index contributed by atoms with van der Waals surface area (Å²) in [4.78, 5) is 24.6. The molecule has 0 spiro atoms. The van der Waals surface area contributed by atoms with Crippen LogP contribution < -0.4 is 4.74 Å². The number of carbonyl (C=O) groups excluding carboxylic acids is 2. The van der Waals surface area contributed by atoms with Crippen molar-refractivity contribution in [3.63, 3.8) is 0 Å². The lowest BCUT2D eigenvalue weighted by Crippen LogP contribution is -2.12. The highest BCUT2D eigenvalue weighted by molar-refractivity contribution is 5.98. The standard InChI is InChI=1S/C23H28O3/c1-4-5-6-7-8-18(3)22(24)19-13-15-21(16-14-19)26-23(25)20-11-9-17(2)10-12-20/h9-16,18H,4-8H2,1-3H3. The summed E-state index contributed by atoms with van der Waals surface area (Å²) in [6.07, 6.45) is 5.62. The molecule has 0 aliphatic heterocycles. The zero-order valence-electron chi connectivity index (χ0n) is 16.0. The molecule has 1 atom stereocenters. The van der Waals surface area contributed by atoms with Gasteiger partial charge in [0.25, 0.3) is 0 Å². The van der Waals surface area contributed by atoms with Gasteiger partial charge in [0.05, 0.1) is 5.56 Å². The number of aryl methyl sites for hydroxylation is 1. The molecule has 0 saturated carbocycles. The maximum atomic E-state index is 12.5. The van der Waals surface area contributed by atoms with Crippen molar-refractivity contribution < 1.29 is 14.3 Å². The first-order valence-electron chi connectivity index (χ1n) is 9.44. The minimum Gasteiger partial charge on any atom is -0.423 e. The number of Topliss-reactive ketones (excluding diaryl/α,β-unsaturated/α-hetero) is 1. The number of unbranched alkanes of at least 4 members (excludes halogenated alkanes) is 3. The highest BCUT2D eigenvalue weighted by Crippen LogP contribution is 2.19. The van der Waals surface area contributed by atoms with E-state index in [0.717, 1.165) is 18.4 Å². The molecule has 0 amide bonds. The van der Waals surface area contributed by atoms with E-state index < -0.39 is 5.97 Å². The molecule has 26 heavy (non-hydrogen) atoms. The van der Waals surface area contributed by atoms with Crippen molar-refractivity contribution in [2.75, 3.05) is 0 Å². The summed E-state index contributed by atoms with van der Waals surface area (Å²) < 4.78 is 5.38. The molecule has 0 saturated heterocycles. The SMILES string of the molecule is CCCCCCC(C)C(=O)c1ccc(OC(=O)c2ccc(C)cc2)cc1. The molecule has 2 aromatic rings. The Labute approximate surface area is 156 Å². The monoisotopic (exact) mass is 352 g/mol. The molecular formula is C23H28O3. The lowest BCUT2D eigenvalue weighted by Gasteiger charge is -2.11. The lowest BCUT2D eigenvalue weighted by molar-refractivity contribution is 0.0734. The fourth-order valence-electron chi connectivity index (χ4n) is 2.84. The van der Waals surface area contributed by atoms with Gasteiger partial charge in [-0.3, -0.25) is 4.79 Å². The molecule has 0 aliphatic carbocycles. The molecule has 138 valence electrons. The number of carbonyl (C=O) groups is 2. The van der Waals surface area contributed by atoms with Gasteiger partial charge >= 0.3 is 5.97 Å². The van der Waals surface area contributed by atoms with E-state index >= 15 is 0 Å². The van der Waals surface area contributed by atoms with Crippen LogP contribution in [-0.4, -0.2) is 11.8 Å². The van der Waals surface area contributed by atoms with Crippen LogP contribution >= 0.6 is 0 Å². The van der Waals surface area contributed by atoms with Crippen LogP contribution in [0.25, 0.3) is 0 Å². The van der Waals surface area contributed by atoms with Crippen molar-refractivity contribution in [2.24, 2.45) is 5.92 Å². The smallest absolute Gasteiger partial charge is 0.343 e. The largest absolute Gasteiger partial charge is 0.423 e. The zero-order valence-corrected chi connectivity index (χ0v) is 16.0. The number of hydrogen-bond donors (Lipinski definition) is 0. The van der Waals surface area contributed by atoms with E-state index in [9.17, 15) is 9.59 Å². The molecule has 0 N–H and O–H groups in total. The van der Waals surface area contributed by atoms with Gasteiger partial charge < -0.3 is 4.74 Å². The molecule has 3 nitrogen and oxygen atoms in total. The number of ether oxygens (including phenoxy) is 1. The molecule has 0 fully saturated rings. The number of benzene rings is 2. The third-order valence-corrected chi connectivity index (χ3v) is 4.57. The van der Waals surface area contributed by atoms with Gasteiger partial charge in [-0.2, -0.15) is 0 Å². The zero-order chi connectivity index (χ0) is 18.9. The number of hydrogen-bond acceptors (Lipinski definition) is 3. The van der Waals surface area contributed by atoms with Gasteiger partial charge in [-0.15, -0.1) is 0 Å². The average Bonchev–Trinajstić information content (AvgIpc) is 2.65. The first-order valence-corrected chi connectivity index (χ1v) is 9.44. The van der Waals surface area contributed by atoms with Crippen LogP contribution in [0.4, 0.5) is 0 Å². The predicted molar refractivity (Wildman–Crippen MR) is 105 cm³/mol. The third-order valence-electron chi connectivity index (χ3n) is 4.57. The Morgan fingerprint density at radius 2 is 1.50 bits per heavy atom. The Morgan fingerprint density at radius 3 is 2.12 bits per heavy atom. The number of esters is 1. The van der Waals surface area contributed by atoms with Gasteiger partial charge in [0.1, 0.15) is 5.75 Å².